The highest BCUT2D eigenvalue weighted by molar-refractivity contribution is 5.98. The Bertz CT molecular complexity index is 1630. The van der Waals surface area contributed by atoms with Gasteiger partial charge >= 0.3 is 0 Å². The Balaban J connectivity index is 0.000000924. The molecule has 1 unspecified atom stereocenters. The second-order valence-corrected chi connectivity index (χ2v) is 11.1. The molecule has 2 N–H and O–H groups in total. The summed E-state index contributed by atoms with van der Waals surface area (Å²) >= 11 is 0. The minimum absolute atomic E-state index is 0.0376. The summed E-state index contributed by atoms with van der Waals surface area (Å²) in [5.41, 5.74) is 4.67. The summed E-state index contributed by atoms with van der Waals surface area (Å²) in [6.07, 6.45) is 11.9. The summed E-state index contributed by atoms with van der Waals surface area (Å²) in [6.45, 7) is 12.7. The molecule has 1 aliphatic heterocycles. The molecule has 0 aromatic carbocycles. The molecule has 44 heavy (non-hydrogen) atoms. The van der Waals surface area contributed by atoms with Crippen molar-refractivity contribution in [2.75, 3.05) is 22.1 Å². The molecule has 2 amide bonds. The SMILES string of the molecule is CC.CC.Cc1ccnc([C@H]2CC2C(=O)Nc2cc(N[C@H](C)c3cn4cc(C5CC5)cc(N5CCCC5=O)c4n3)ncn2)n1. The third-order valence-corrected chi connectivity index (χ3v) is 7.98. The number of amides is 2. The number of carbonyl (C=O) groups is 2. The Kier molecular flexibility index (Phi) is 9.51. The molecule has 5 heterocycles. The summed E-state index contributed by atoms with van der Waals surface area (Å²) in [6, 6.07) is 5.56. The van der Waals surface area contributed by atoms with Crippen LogP contribution in [0.3, 0.4) is 0 Å². The fourth-order valence-corrected chi connectivity index (χ4v) is 5.51. The molecule has 3 atom stereocenters. The smallest absolute Gasteiger partial charge is 0.229 e. The van der Waals surface area contributed by atoms with Crippen molar-refractivity contribution < 1.29 is 9.59 Å². The Hall–Kier alpha value is -4.41. The molecule has 4 aromatic heterocycles. The monoisotopic (exact) mass is 597 g/mol. The lowest BCUT2D eigenvalue weighted by atomic mass is 10.1. The number of carbonyl (C=O) groups excluding carboxylic acids is 2. The molecule has 11 heteroatoms. The van der Waals surface area contributed by atoms with E-state index in [0.29, 0.717) is 29.8 Å². The van der Waals surface area contributed by atoms with E-state index in [-0.39, 0.29) is 29.7 Å². The predicted molar refractivity (Wildman–Crippen MR) is 172 cm³/mol. The van der Waals surface area contributed by atoms with Crippen LogP contribution in [0, 0.1) is 12.8 Å². The van der Waals surface area contributed by atoms with Crippen LogP contribution in [0.2, 0.25) is 0 Å². The zero-order valence-corrected chi connectivity index (χ0v) is 26.5. The number of aromatic nitrogens is 6. The van der Waals surface area contributed by atoms with Gasteiger partial charge in [0.25, 0.3) is 0 Å². The molecule has 4 aromatic rings. The maximum Gasteiger partial charge on any atom is 0.229 e. The first kappa shape index (κ1) is 31.0. The van der Waals surface area contributed by atoms with Gasteiger partial charge in [-0.05, 0) is 63.1 Å². The van der Waals surface area contributed by atoms with Crippen LogP contribution in [0.5, 0.6) is 0 Å². The largest absolute Gasteiger partial charge is 0.362 e. The Morgan fingerprint density at radius 2 is 1.80 bits per heavy atom. The van der Waals surface area contributed by atoms with E-state index in [4.69, 9.17) is 4.98 Å². The van der Waals surface area contributed by atoms with E-state index < -0.39 is 0 Å². The molecule has 3 fully saturated rings. The van der Waals surface area contributed by atoms with Crippen molar-refractivity contribution >= 4 is 34.8 Å². The first-order valence-electron chi connectivity index (χ1n) is 15.9. The number of imidazole rings is 1. The average molecular weight is 598 g/mol. The fraction of sp³-hybridized carbons (Fsp3) is 0.485. The highest BCUT2D eigenvalue weighted by Crippen LogP contribution is 2.46. The van der Waals surface area contributed by atoms with Gasteiger partial charge in [-0.25, -0.2) is 24.9 Å². The minimum Gasteiger partial charge on any atom is -0.362 e. The molecule has 11 nitrogen and oxygen atoms in total. The van der Waals surface area contributed by atoms with Crippen molar-refractivity contribution in [2.24, 2.45) is 5.92 Å². The summed E-state index contributed by atoms with van der Waals surface area (Å²) in [4.78, 5) is 49.6. The molecule has 7 rings (SSSR count). The third-order valence-electron chi connectivity index (χ3n) is 7.98. The molecule has 0 radical (unpaired) electrons. The standard InChI is InChI=1S/C29H31N9O2.2C2H6/c1-16-7-8-30-27(33-16)20-11-21(20)29(40)36-25-12-24(31-15-32-25)34-17(2)22-14-37-13-19(18-5-6-18)10-23(28(37)35-22)38-9-3-4-26(38)39;2*1-2/h7-8,10,12-15,17-18,20-21H,3-6,9,11H2,1-2H3,(H2,31,32,34,36,40);2*1-2H3/t17-,20+,21?;;/m1../s1. The summed E-state index contributed by atoms with van der Waals surface area (Å²) in [7, 11) is 0. The quantitative estimate of drug-likeness (QED) is 0.246. The van der Waals surface area contributed by atoms with E-state index in [0.717, 1.165) is 42.1 Å². The lowest BCUT2D eigenvalue weighted by Crippen LogP contribution is -2.24. The van der Waals surface area contributed by atoms with Gasteiger partial charge in [0.15, 0.2) is 5.65 Å². The van der Waals surface area contributed by atoms with Crippen LogP contribution in [0.1, 0.15) is 107 Å². The van der Waals surface area contributed by atoms with Gasteiger partial charge in [0.2, 0.25) is 11.8 Å². The molecular formula is C33H43N9O2. The maximum absolute atomic E-state index is 12.9. The normalized spacial score (nSPS) is 19.4. The van der Waals surface area contributed by atoms with E-state index in [9.17, 15) is 9.59 Å². The number of aryl methyl sites for hydroxylation is 1. The van der Waals surface area contributed by atoms with Gasteiger partial charge in [-0.2, -0.15) is 0 Å². The van der Waals surface area contributed by atoms with E-state index in [1.807, 2.05) is 58.7 Å². The number of fused-ring (bicyclic) bond motifs is 1. The zero-order valence-electron chi connectivity index (χ0n) is 26.5. The molecule has 1 saturated heterocycles. The van der Waals surface area contributed by atoms with Crippen LogP contribution in [0.4, 0.5) is 17.3 Å². The maximum atomic E-state index is 12.9. The van der Waals surface area contributed by atoms with Crippen molar-refractivity contribution in [3.05, 3.63) is 65.9 Å². The van der Waals surface area contributed by atoms with Crippen molar-refractivity contribution in [3.63, 3.8) is 0 Å². The molecular weight excluding hydrogens is 554 g/mol. The molecule has 2 aliphatic carbocycles. The van der Waals surface area contributed by atoms with E-state index in [1.165, 1.54) is 24.7 Å². The van der Waals surface area contributed by atoms with Crippen LogP contribution in [0.25, 0.3) is 5.65 Å². The first-order chi connectivity index (χ1) is 21.4. The highest BCUT2D eigenvalue weighted by atomic mass is 16.2. The lowest BCUT2D eigenvalue weighted by Gasteiger charge is -2.18. The van der Waals surface area contributed by atoms with Crippen molar-refractivity contribution in [2.45, 2.75) is 91.5 Å². The molecule has 0 spiro atoms. The molecule has 232 valence electrons. The van der Waals surface area contributed by atoms with Crippen LogP contribution < -0.4 is 15.5 Å². The summed E-state index contributed by atoms with van der Waals surface area (Å²) < 4.78 is 2.05. The van der Waals surface area contributed by atoms with Crippen molar-refractivity contribution in [3.8, 4) is 0 Å². The first-order valence-corrected chi connectivity index (χ1v) is 15.9. The van der Waals surface area contributed by atoms with Crippen LogP contribution in [-0.4, -0.2) is 47.7 Å². The Morgan fingerprint density at radius 3 is 2.50 bits per heavy atom. The molecule has 3 aliphatic rings. The summed E-state index contributed by atoms with van der Waals surface area (Å²) in [5.74, 6) is 2.23. The van der Waals surface area contributed by atoms with Crippen molar-refractivity contribution in [1.82, 2.24) is 29.3 Å². The topological polar surface area (TPSA) is 130 Å². The Morgan fingerprint density at radius 1 is 1.02 bits per heavy atom. The van der Waals surface area contributed by atoms with E-state index >= 15 is 0 Å². The second-order valence-electron chi connectivity index (χ2n) is 11.1. The fourth-order valence-electron chi connectivity index (χ4n) is 5.51. The van der Waals surface area contributed by atoms with E-state index in [2.05, 4.69) is 47.2 Å². The lowest BCUT2D eigenvalue weighted by molar-refractivity contribution is -0.118. The highest BCUT2D eigenvalue weighted by Gasteiger charge is 2.46. The van der Waals surface area contributed by atoms with Gasteiger partial charge in [-0.1, -0.05) is 27.7 Å². The predicted octanol–water partition coefficient (Wildman–Crippen LogP) is 6.19. The van der Waals surface area contributed by atoms with Gasteiger partial charge in [-0.15, -0.1) is 0 Å². The summed E-state index contributed by atoms with van der Waals surface area (Å²) in [5, 5.41) is 6.30. The number of rotatable bonds is 8. The number of anilines is 3. The van der Waals surface area contributed by atoms with E-state index in [1.54, 1.807) is 12.3 Å². The van der Waals surface area contributed by atoms with Crippen LogP contribution >= 0.6 is 0 Å². The van der Waals surface area contributed by atoms with Gasteiger partial charge in [0.1, 0.15) is 23.8 Å². The van der Waals surface area contributed by atoms with Crippen LogP contribution in [-0.2, 0) is 9.59 Å². The minimum atomic E-state index is -0.170. The van der Waals surface area contributed by atoms with Crippen molar-refractivity contribution in [1.29, 1.82) is 0 Å². The number of hydrogen-bond donors (Lipinski definition) is 2. The Labute approximate surface area is 259 Å². The zero-order chi connectivity index (χ0) is 31.4. The number of nitrogens with one attached hydrogen (secondary N) is 2. The van der Waals surface area contributed by atoms with Crippen LogP contribution in [0.15, 0.2) is 43.1 Å². The number of pyridine rings is 1. The van der Waals surface area contributed by atoms with Gasteiger partial charge in [0, 0.05) is 55.2 Å². The average Bonchev–Trinajstić information content (AvgIpc) is 3.96. The molecule has 0 bridgehead atoms. The molecule has 2 saturated carbocycles. The number of hydrogen-bond acceptors (Lipinski definition) is 8. The second kappa shape index (κ2) is 13.5. The van der Waals surface area contributed by atoms with Gasteiger partial charge in [-0.3, -0.25) is 9.59 Å². The third kappa shape index (κ3) is 6.71. The number of nitrogens with zero attached hydrogens (tertiary/aromatic N) is 7. The van der Waals surface area contributed by atoms with Gasteiger partial charge < -0.3 is 19.9 Å². The van der Waals surface area contributed by atoms with Gasteiger partial charge in [0.05, 0.1) is 17.4 Å².